The molecule has 0 bridgehead atoms. The predicted molar refractivity (Wildman–Crippen MR) is 74.2 cm³/mol. The minimum Gasteiger partial charge on any atom is -0.376 e. The Balaban J connectivity index is 2.17. The Morgan fingerprint density at radius 2 is 1.71 bits per heavy atom. The van der Waals surface area contributed by atoms with Gasteiger partial charge in [-0.05, 0) is 37.1 Å². The third-order valence-electron chi connectivity index (χ3n) is 3.66. The Hall–Kier alpha value is -0.0800. The van der Waals surface area contributed by atoms with Crippen LogP contribution in [-0.2, 0) is 4.74 Å². The van der Waals surface area contributed by atoms with E-state index in [0.717, 1.165) is 31.5 Å². The van der Waals surface area contributed by atoms with Crippen LogP contribution in [0.1, 0.15) is 53.4 Å². The maximum atomic E-state index is 6.11. The average Bonchev–Trinajstić information content (AvgIpc) is 2.74. The first kappa shape index (κ1) is 15.0. The van der Waals surface area contributed by atoms with E-state index in [1.807, 2.05) is 0 Å². The average molecular weight is 241 g/mol. The van der Waals surface area contributed by atoms with Crippen LogP contribution >= 0.6 is 0 Å². The van der Waals surface area contributed by atoms with Gasteiger partial charge in [0.05, 0.1) is 6.10 Å². The zero-order chi connectivity index (χ0) is 12.7. The molecule has 1 atom stereocenters. The van der Waals surface area contributed by atoms with Crippen LogP contribution in [-0.4, -0.2) is 25.8 Å². The Morgan fingerprint density at radius 3 is 2.24 bits per heavy atom. The van der Waals surface area contributed by atoms with Gasteiger partial charge in [-0.3, -0.25) is 0 Å². The molecular weight excluding hydrogens is 210 g/mol. The van der Waals surface area contributed by atoms with Crippen LogP contribution in [0.5, 0.6) is 0 Å². The highest BCUT2D eigenvalue weighted by Crippen LogP contribution is 2.25. The van der Waals surface area contributed by atoms with Gasteiger partial charge in [0.2, 0.25) is 0 Å². The van der Waals surface area contributed by atoms with Gasteiger partial charge in [0.1, 0.15) is 0 Å². The summed E-state index contributed by atoms with van der Waals surface area (Å²) >= 11 is 0. The topological polar surface area (TPSA) is 21.3 Å². The maximum absolute atomic E-state index is 6.11. The van der Waals surface area contributed by atoms with Crippen LogP contribution in [0.2, 0.25) is 0 Å². The normalized spacial score (nSPS) is 19.4. The molecule has 1 unspecified atom stereocenters. The second kappa shape index (κ2) is 8.10. The molecule has 1 N–H and O–H groups in total. The molecule has 0 aromatic carbocycles. The zero-order valence-corrected chi connectivity index (χ0v) is 12.2. The fraction of sp³-hybridized carbons (Fsp3) is 1.00. The lowest BCUT2D eigenvalue weighted by Gasteiger charge is -2.24. The maximum Gasteiger partial charge on any atom is 0.0722 e. The molecule has 1 aliphatic rings. The second-order valence-corrected chi connectivity index (χ2v) is 6.32. The van der Waals surface area contributed by atoms with Crippen LogP contribution in [0.25, 0.3) is 0 Å². The first-order chi connectivity index (χ1) is 8.09. The van der Waals surface area contributed by atoms with E-state index >= 15 is 0 Å². The molecule has 2 nitrogen and oxygen atoms in total. The van der Waals surface area contributed by atoms with E-state index in [0.29, 0.717) is 12.0 Å². The summed E-state index contributed by atoms with van der Waals surface area (Å²) in [6, 6.07) is 0. The van der Waals surface area contributed by atoms with E-state index in [1.54, 1.807) is 0 Å². The van der Waals surface area contributed by atoms with E-state index in [-0.39, 0.29) is 0 Å². The van der Waals surface area contributed by atoms with Crippen molar-refractivity contribution in [2.45, 2.75) is 59.5 Å². The summed E-state index contributed by atoms with van der Waals surface area (Å²) in [6.45, 7) is 12.1. The number of nitrogens with one attached hydrogen (secondary N) is 1. The van der Waals surface area contributed by atoms with Gasteiger partial charge in [-0.2, -0.15) is 0 Å². The molecule has 17 heavy (non-hydrogen) atoms. The van der Waals surface area contributed by atoms with Gasteiger partial charge in [-0.25, -0.2) is 0 Å². The van der Waals surface area contributed by atoms with Gasteiger partial charge in [-0.1, -0.05) is 40.5 Å². The Morgan fingerprint density at radius 1 is 1.06 bits per heavy atom. The third-order valence-corrected chi connectivity index (χ3v) is 3.66. The molecule has 0 heterocycles. The van der Waals surface area contributed by atoms with Gasteiger partial charge >= 0.3 is 0 Å². The smallest absolute Gasteiger partial charge is 0.0722 e. The zero-order valence-electron chi connectivity index (χ0n) is 12.2. The van der Waals surface area contributed by atoms with Crippen LogP contribution in [0.4, 0.5) is 0 Å². The monoisotopic (exact) mass is 241 g/mol. The Kier molecular flexibility index (Phi) is 7.14. The number of hydrogen-bond acceptors (Lipinski definition) is 2. The summed E-state index contributed by atoms with van der Waals surface area (Å²) in [5, 5.41) is 3.52. The molecule has 0 radical (unpaired) electrons. The number of hydrogen-bond donors (Lipinski definition) is 1. The lowest BCUT2D eigenvalue weighted by Crippen LogP contribution is -2.35. The summed E-state index contributed by atoms with van der Waals surface area (Å²) in [7, 11) is 0. The first-order valence-electron chi connectivity index (χ1n) is 7.42. The van der Waals surface area contributed by atoms with Crippen molar-refractivity contribution in [2.24, 2.45) is 17.8 Å². The van der Waals surface area contributed by atoms with Crippen LogP contribution < -0.4 is 5.32 Å². The van der Waals surface area contributed by atoms with Crippen molar-refractivity contribution in [1.82, 2.24) is 5.32 Å². The lowest BCUT2D eigenvalue weighted by atomic mass is 10.1. The van der Waals surface area contributed by atoms with E-state index in [9.17, 15) is 0 Å². The standard InChI is InChI=1S/C15H31NO/c1-12(2)9-16-10-15(13(3)4)17-11-14-7-5-6-8-14/h12-16H,5-11H2,1-4H3. The lowest BCUT2D eigenvalue weighted by molar-refractivity contribution is 0.00360. The fourth-order valence-electron chi connectivity index (χ4n) is 2.44. The molecule has 0 aliphatic heterocycles. The van der Waals surface area contributed by atoms with Crippen molar-refractivity contribution in [2.75, 3.05) is 19.7 Å². The molecule has 0 spiro atoms. The molecule has 1 saturated carbocycles. The minimum atomic E-state index is 0.384. The molecule has 0 amide bonds. The molecule has 0 aromatic rings. The quantitative estimate of drug-likeness (QED) is 0.702. The van der Waals surface area contributed by atoms with Crippen molar-refractivity contribution in [3.05, 3.63) is 0 Å². The van der Waals surface area contributed by atoms with Crippen molar-refractivity contribution in [1.29, 1.82) is 0 Å². The number of ether oxygens (including phenoxy) is 1. The van der Waals surface area contributed by atoms with Gasteiger partial charge < -0.3 is 10.1 Å². The van der Waals surface area contributed by atoms with E-state index < -0.39 is 0 Å². The number of rotatable bonds is 8. The highest BCUT2D eigenvalue weighted by atomic mass is 16.5. The van der Waals surface area contributed by atoms with Crippen molar-refractivity contribution in [3.63, 3.8) is 0 Å². The Labute approximate surface area is 108 Å². The molecule has 1 rings (SSSR count). The first-order valence-corrected chi connectivity index (χ1v) is 7.42. The summed E-state index contributed by atoms with van der Waals surface area (Å²) in [6.07, 6.45) is 5.96. The van der Waals surface area contributed by atoms with Gasteiger partial charge in [0, 0.05) is 13.2 Å². The van der Waals surface area contributed by atoms with Gasteiger partial charge in [-0.15, -0.1) is 0 Å². The third kappa shape index (κ3) is 6.42. The summed E-state index contributed by atoms with van der Waals surface area (Å²) < 4.78 is 6.11. The summed E-state index contributed by atoms with van der Waals surface area (Å²) in [5.74, 6) is 2.16. The molecule has 2 heteroatoms. The molecule has 0 aromatic heterocycles. The van der Waals surface area contributed by atoms with Crippen LogP contribution in [0, 0.1) is 17.8 Å². The molecule has 1 aliphatic carbocycles. The highest BCUT2D eigenvalue weighted by Gasteiger charge is 2.19. The van der Waals surface area contributed by atoms with Crippen LogP contribution in [0.3, 0.4) is 0 Å². The van der Waals surface area contributed by atoms with Crippen molar-refractivity contribution < 1.29 is 4.74 Å². The molecule has 102 valence electrons. The highest BCUT2D eigenvalue weighted by molar-refractivity contribution is 4.70. The Bertz CT molecular complexity index is 185. The van der Waals surface area contributed by atoms with E-state index in [1.165, 1.54) is 25.7 Å². The van der Waals surface area contributed by atoms with Crippen molar-refractivity contribution >= 4 is 0 Å². The summed E-state index contributed by atoms with van der Waals surface area (Å²) in [4.78, 5) is 0. The van der Waals surface area contributed by atoms with Gasteiger partial charge in [0.25, 0.3) is 0 Å². The predicted octanol–water partition coefficient (Wildman–Crippen LogP) is 3.46. The molecule has 1 fully saturated rings. The SMILES string of the molecule is CC(C)CNCC(OCC1CCCC1)C(C)C. The van der Waals surface area contributed by atoms with Gasteiger partial charge in [0.15, 0.2) is 0 Å². The largest absolute Gasteiger partial charge is 0.376 e. The van der Waals surface area contributed by atoms with E-state index in [4.69, 9.17) is 4.74 Å². The summed E-state index contributed by atoms with van der Waals surface area (Å²) in [5.41, 5.74) is 0. The van der Waals surface area contributed by atoms with E-state index in [2.05, 4.69) is 33.0 Å². The molecule has 0 saturated heterocycles. The minimum absolute atomic E-state index is 0.384. The van der Waals surface area contributed by atoms with Crippen molar-refractivity contribution in [3.8, 4) is 0 Å². The van der Waals surface area contributed by atoms with Crippen LogP contribution in [0.15, 0.2) is 0 Å². The second-order valence-electron chi connectivity index (χ2n) is 6.32. The molecular formula is C15H31NO. The fourth-order valence-corrected chi connectivity index (χ4v) is 2.44.